The van der Waals surface area contributed by atoms with Crippen LogP contribution in [0.3, 0.4) is 0 Å². The fraction of sp³-hybridized carbons (Fsp3) is 0.417. The molecule has 2 aromatic carbocycles. The van der Waals surface area contributed by atoms with Gasteiger partial charge in [0.2, 0.25) is 0 Å². The third kappa shape index (κ3) is 3.51. The highest BCUT2D eigenvalue weighted by Gasteiger charge is 2.17. The predicted octanol–water partition coefficient (Wildman–Crippen LogP) is 6.92. The second kappa shape index (κ2) is 7.57. The molecule has 0 aliphatic carbocycles. The lowest BCUT2D eigenvalue weighted by molar-refractivity contribution is 0.354. The van der Waals surface area contributed by atoms with Crippen LogP contribution in [0.5, 0.6) is 5.75 Å². The van der Waals surface area contributed by atoms with Crippen molar-refractivity contribution < 1.29 is 9.15 Å². The summed E-state index contributed by atoms with van der Waals surface area (Å²) in [5.74, 6) is 2.30. The first-order valence-electron chi connectivity index (χ1n) is 9.62. The van der Waals surface area contributed by atoms with E-state index in [-0.39, 0.29) is 0 Å². The van der Waals surface area contributed by atoms with Gasteiger partial charge < -0.3 is 9.15 Å². The molecule has 0 unspecified atom stereocenters. The largest absolute Gasteiger partial charge is 0.493 e. The number of hydrogen-bond acceptors (Lipinski definition) is 2. The smallest absolute Gasteiger partial charge is 0.137 e. The Bertz CT molecular complexity index is 900. The van der Waals surface area contributed by atoms with Crippen LogP contribution in [0.15, 0.2) is 41.0 Å². The van der Waals surface area contributed by atoms with E-state index in [4.69, 9.17) is 9.15 Å². The lowest BCUT2D eigenvalue weighted by Crippen LogP contribution is -1.95. The van der Waals surface area contributed by atoms with Crippen molar-refractivity contribution in [3.05, 3.63) is 64.4 Å². The maximum Gasteiger partial charge on any atom is 0.137 e. The lowest BCUT2D eigenvalue weighted by Gasteiger charge is -2.12. The van der Waals surface area contributed by atoms with Crippen molar-refractivity contribution in [3.8, 4) is 5.75 Å². The normalized spacial score (nSPS) is 12.9. The number of benzene rings is 2. The Morgan fingerprint density at radius 3 is 2.15 bits per heavy atom. The van der Waals surface area contributed by atoms with E-state index in [1.54, 1.807) is 6.26 Å². The van der Waals surface area contributed by atoms with Crippen LogP contribution in [-0.2, 0) is 6.42 Å². The molecule has 3 aromatic rings. The summed E-state index contributed by atoms with van der Waals surface area (Å²) in [7, 11) is 0. The first kappa shape index (κ1) is 18.6. The van der Waals surface area contributed by atoms with Crippen molar-refractivity contribution in [2.45, 2.75) is 59.8 Å². The quantitative estimate of drug-likeness (QED) is 0.500. The maximum atomic E-state index is 5.62. The summed E-state index contributed by atoms with van der Waals surface area (Å²) < 4.78 is 11.1. The first-order valence-corrected chi connectivity index (χ1v) is 9.62. The van der Waals surface area contributed by atoms with E-state index >= 15 is 0 Å². The second-order valence-corrected chi connectivity index (χ2v) is 7.79. The molecular weight excluding hydrogens is 320 g/mol. The van der Waals surface area contributed by atoms with E-state index in [9.17, 15) is 0 Å². The molecule has 0 N–H and O–H groups in total. The molecule has 138 valence electrons. The average molecular weight is 351 g/mol. The molecule has 1 aromatic heterocycles. The Balaban J connectivity index is 0.000000151. The summed E-state index contributed by atoms with van der Waals surface area (Å²) >= 11 is 0. The Morgan fingerprint density at radius 1 is 0.808 bits per heavy atom. The van der Waals surface area contributed by atoms with Gasteiger partial charge in [-0.05, 0) is 59.6 Å². The molecule has 0 bridgehead atoms. The zero-order valence-corrected chi connectivity index (χ0v) is 16.8. The third-order valence-corrected chi connectivity index (χ3v) is 5.30. The van der Waals surface area contributed by atoms with Crippen molar-refractivity contribution >= 4 is 11.0 Å². The van der Waals surface area contributed by atoms with Crippen LogP contribution in [0, 0.1) is 13.8 Å². The highest BCUT2D eigenvalue weighted by molar-refractivity contribution is 5.81. The van der Waals surface area contributed by atoms with Crippen molar-refractivity contribution in [2.75, 3.05) is 6.61 Å². The van der Waals surface area contributed by atoms with Crippen molar-refractivity contribution in [1.82, 2.24) is 0 Å². The maximum absolute atomic E-state index is 5.62. The molecule has 0 fully saturated rings. The third-order valence-electron chi connectivity index (χ3n) is 5.30. The zero-order chi connectivity index (χ0) is 18.8. The van der Waals surface area contributed by atoms with Gasteiger partial charge in [0.15, 0.2) is 0 Å². The molecule has 2 nitrogen and oxygen atoms in total. The Morgan fingerprint density at radius 2 is 1.46 bits per heavy atom. The van der Waals surface area contributed by atoms with Crippen LogP contribution in [-0.4, -0.2) is 6.61 Å². The summed E-state index contributed by atoms with van der Waals surface area (Å²) in [6, 6.07) is 10.8. The number of fused-ring (bicyclic) bond motifs is 2. The number of furan rings is 1. The number of hydrogen-bond donors (Lipinski definition) is 0. The monoisotopic (exact) mass is 350 g/mol. The van der Waals surface area contributed by atoms with E-state index in [0.29, 0.717) is 11.8 Å². The fourth-order valence-corrected chi connectivity index (χ4v) is 3.87. The minimum Gasteiger partial charge on any atom is -0.493 e. The van der Waals surface area contributed by atoms with Crippen LogP contribution in [0.25, 0.3) is 11.0 Å². The Kier molecular flexibility index (Phi) is 5.41. The highest BCUT2D eigenvalue weighted by atomic mass is 16.5. The summed E-state index contributed by atoms with van der Waals surface area (Å²) in [5.41, 5.74) is 7.82. The molecule has 26 heavy (non-hydrogen) atoms. The van der Waals surface area contributed by atoms with Gasteiger partial charge >= 0.3 is 0 Å². The molecule has 0 amide bonds. The van der Waals surface area contributed by atoms with E-state index in [0.717, 1.165) is 24.4 Å². The van der Waals surface area contributed by atoms with Gasteiger partial charge in [-0.15, -0.1) is 0 Å². The summed E-state index contributed by atoms with van der Waals surface area (Å²) in [5, 5.41) is 1.20. The second-order valence-electron chi connectivity index (χ2n) is 7.79. The molecule has 1 aliphatic heterocycles. The molecule has 1 aliphatic rings. The van der Waals surface area contributed by atoms with Crippen LogP contribution >= 0.6 is 0 Å². The Hall–Kier alpha value is -2.22. The van der Waals surface area contributed by atoms with E-state index < -0.39 is 0 Å². The Labute approximate surface area is 157 Å². The van der Waals surface area contributed by atoms with Crippen LogP contribution in [0.2, 0.25) is 0 Å². The number of rotatable bonds is 2. The van der Waals surface area contributed by atoms with Crippen LogP contribution in [0.1, 0.15) is 67.3 Å². The van der Waals surface area contributed by atoms with Crippen molar-refractivity contribution in [3.63, 3.8) is 0 Å². The minimum absolute atomic E-state index is 0.564. The molecule has 0 spiro atoms. The van der Waals surface area contributed by atoms with Crippen LogP contribution in [0.4, 0.5) is 0 Å². The highest BCUT2D eigenvalue weighted by Crippen LogP contribution is 2.34. The SMILES string of the molecule is Cc1c(C(C)C)ccc2c1OCC2.Cc1c(C(C)C)ccc2ccoc12. The van der Waals surface area contributed by atoms with Crippen molar-refractivity contribution in [1.29, 1.82) is 0 Å². The fourth-order valence-electron chi connectivity index (χ4n) is 3.87. The van der Waals surface area contributed by atoms with Gasteiger partial charge in [0.05, 0.1) is 12.9 Å². The molecule has 0 saturated heterocycles. The van der Waals surface area contributed by atoms with Gasteiger partial charge in [0.1, 0.15) is 11.3 Å². The molecule has 0 saturated carbocycles. The predicted molar refractivity (Wildman–Crippen MR) is 110 cm³/mol. The molecular formula is C24H30O2. The zero-order valence-electron chi connectivity index (χ0n) is 16.8. The summed E-state index contributed by atoms with van der Waals surface area (Å²) in [6.07, 6.45) is 2.83. The van der Waals surface area contributed by atoms with E-state index in [1.807, 2.05) is 6.07 Å². The summed E-state index contributed by atoms with van der Waals surface area (Å²) in [4.78, 5) is 0. The number of ether oxygens (including phenoxy) is 1. The first-order chi connectivity index (χ1) is 12.4. The van der Waals surface area contributed by atoms with Gasteiger partial charge in [-0.25, -0.2) is 0 Å². The molecule has 0 radical (unpaired) electrons. The minimum atomic E-state index is 0.564. The van der Waals surface area contributed by atoms with Gasteiger partial charge in [-0.1, -0.05) is 52.0 Å². The van der Waals surface area contributed by atoms with E-state index in [2.05, 4.69) is 65.8 Å². The number of aryl methyl sites for hydroxylation is 1. The molecule has 2 heterocycles. The standard InChI is InChI=1S/C12H16O.C12H14O/c2*1-8(2)11-5-4-10-6-7-13-12(10)9(11)3/h4-5,8H,6-7H2,1-3H3;4-8H,1-3H3. The van der Waals surface area contributed by atoms with Gasteiger partial charge in [0, 0.05) is 11.8 Å². The molecule has 2 heteroatoms. The van der Waals surface area contributed by atoms with Gasteiger partial charge in [-0.2, -0.15) is 0 Å². The van der Waals surface area contributed by atoms with E-state index in [1.165, 1.54) is 33.2 Å². The average Bonchev–Trinajstić information content (AvgIpc) is 3.25. The lowest BCUT2D eigenvalue weighted by atomic mass is 9.95. The summed E-state index contributed by atoms with van der Waals surface area (Å²) in [6.45, 7) is 14.0. The van der Waals surface area contributed by atoms with Gasteiger partial charge in [-0.3, -0.25) is 0 Å². The van der Waals surface area contributed by atoms with Crippen LogP contribution < -0.4 is 4.74 Å². The molecule has 0 atom stereocenters. The topological polar surface area (TPSA) is 22.4 Å². The van der Waals surface area contributed by atoms with Gasteiger partial charge in [0.25, 0.3) is 0 Å². The molecule has 4 rings (SSSR count). The van der Waals surface area contributed by atoms with Crippen molar-refractivity contribution in [2.24, 2.45) is 0 Å².